The number of nitrogens with one attached hydrogen (secondary N) is 2. The van der Waals surface area contributed by atoms with E-state index < -0.39 is 0 Å². The molecule has 0 aromatic heterocycles. The van der Waals surface area contributed by atoms with Gasteiger partial charge in [-0.3, -0.25) is 0 Å². The van der Waals surface area contributed by atoms with Crippen LogP contribution in [0.4, 0.5) is 10.5 Å². The summed E-state index contributed by atoms with van der Waals surface area (Å²) in [6, 6.07) is 13.8. The van der Waals surface area contributed by atoms with Gasteiger partial charge in [0, 0.05) is 0 Å². The largest absolute Gasteiger partial charge is 0.494 e. The third-order valence-electron chi connectivity index (χ3n) is 2.73. The fourth-order valence-electron chi connectivity index (χ4n) is 1.71. The molecule has 2 amide bonds. The van der Waals surface area contributed by atoms with Crippen LogP contribution in [0.5, 0.6) is 11.5 Å². The van der Waals surface area contributed by atoms with E-state index in [0.29, 0.717) is 23.1 Å². The predicted molar refractivity (Wildman–Crippen MR) is 86.7 cm³/mol. The molecule has 0 heterocycles. The Kier molecular flexibility index (Phi) is 5.91. The highest BCUT2D eigenvalue weighted by Gasteiger charge is 2.04. The molecule has 0 aliphatic heterocycles. The van der Waals surface area contributed by atoms with Gasteiger partial charge in [0.25, 0.3) is 0 Å². The number of halogens is 1. The number of anilines is 1. The highest BCUT2D eigenvalue weighted by molar-refractivity contribution is 6.33. The maximum atomic E-state index is 11.7. The van der Waals surface area contributed by atoms with Crippen molar-refractivity contribution in [1.29, 1.82) is 0 Å². The first-order valence-corrected chi connectivity index (χ1v) is 7.22. The van der Waals surface area contributed by atoms with E-state index in [0.717, 1.165) is 5.75 Å². The zero-order valence-corrected chi connectivity index (χ0v) is 12.9. The molecule has 0 fully saturated rings. The van der Waals surface area contributed by atoms with Crippen molar-refractivity contribution >= 4 is 23.3 Å². The van der Waals surface area contributed by atoms with Gasteiger partial charge in [-0.15, -0.1) is 0 Å². The number of carbonyl (C=O) groups is 1. The second kappa shape index (κ2) is 8.14. The molecule has 2 aromatic carbocycles. The van der Waals surface area contributed by atoms with E-state index >= 15 is 0 Å². The smallest absolute Gasteiger partial charge is 0.321 e. The molecule has 0 saturated heterocycles. The Hall–Kier alpha value is -2.40. The molecule has 5 nitrogen and oxygen atoms in total. The first kappa shape index (κ1) is 16.0. The molecular formula is C16H17ClN2O3. The molecule has 2 rings (SSSR count). The summed E-state index contributed by atoms with van der Waals surface area (Å²) >= 11 is 5.95. The highest BCUT2D eigenvalue weighted by Crippen LogP contribution is 2.20. The Morgan fingerprint density at radius 2 is 1.68 bits per heavy atom. The Morgan fingerprint density at radius 1 is 1.05 bits per heavy atom. The highest BCUT2D eigenvalue weighted by atomic mass is 35.5. The van der Waals surface area contributed by atoms with Crippen molar-refractivity contribution in [2.45, 2.75) is 6.92 Å². The SMILES string of the molecule is CCOc1ccc(OCNC(=O)Nc2ccccc2Cl)cc1. The molecule has 2 N–H and O–H groups in total. The van der Waals surface area contributed by atoms with Crippen molar-refractivity contribution in [2.75, 3.05) is 18.7 Å². The van der Waals surface area contributed by atoms with Crippen molar-refractivity contribution in [1.82, 2.24) is 5.32 Å². The van der Waals surface area contributed by atoms with Crippen LogP contribution in [0.3, 0.4) is 0 Å². The van der Waals surface area contributed by atoms with E-state index in [4.69, 9.17) is 21.1 Å². The quantitative estimate of drug-likeness (QED) is 0.794. The Labute approximate surface area is 134 Å². The number of benzene rings is 2. The summed E-state index contributed by atoms with van der Waals surface area (Å²) in [5.74, 6) is 1.42. The molecule has 0 unspecified atom stereocenters. The van der Waals surface area contributed by atoms with Gasteiger partial charge in [0.15, 0.2) is 6.73 Å². The van der Waals surface area contributed by atoms with Gasteiger partial charge in [-0.2, -0.15) is 0 Å². The van der Waals surface area contributed by atoms with E-state index in [9.17, 15) is 4.79 Å². The number of amides is 2. The molecule has 116 valence electrons. The van der Waals surface area contributed by atoms with E-state index in [1.165, 1.54) is 0 Å². The average Bonchev–Trinajstić information content (AvgIpc) is 2.52. The van der Waals surface area contributed by atoms with Crippen LogP contribution in [0.2, 0.25) is 5.02 Å². The average molecular weight is 321 g/mol. The summed E-state index contributed by atoms with van der Waals surface area (Å²) < 4.78 is 10.8. The molecule has 0 radical (unpaired) electrons. The second-order valence-electron chi connectivity index (χ2n) is 4.30. The number of para-hydroxylation sites is 1. The number of hydrogen-bond donors (Lipinski definition) is 2. The lowest BCUT2D eigenvalue weighted by Gasteiger charge is -2.10. The van der Waals surface area contributed by atoms with Gasteiger partial charge in [-0.25, -0.2) is 4.79 Å². The molecule has 0 bridgehead atoms. The molecule has 0 aliphatic rings. The monoisotopic (exact) mass is 320 g/mol. The minimum atomic E-state index is -0.390. The summed E-state index contributed by atoms with van der Waals surface area (Å²) in [5.41, 5.74) is 0.544. The zero-order chi connectivity index (χ0) is 15.8. The number of carbonyl (C=O) groups excluding carboxylic acids is 1. The molecule has 0 aliphatic carbocycles. The van der Waals surface area contributed by atoms with Gasteiger partial charge in [0.1, 0.15) is 11.5 Å². The van der Waals surface area contributed by atoms with Crippen LogP contribution in [0.15, 0.2) is 48.5 Å². The van der Waals surface area contributed by atoms with Crippen LogP contribution in [0.25, 0.3) is 0 Å². The summed E-state index contributed by atoms with van der Waals surface area (Å²) in [7, 11) is 0. The standard InChI is InChI=1S/C16H17ClN2O3/c1-2-21-12-7-9-13(10-8-12)22-11-18-16(20)19-15-6-4-3-5-14(15)17/h3-10H,2,11H2,1H3,(H2,18,19,20). The molecular weight excluding hydrogens is 304 g/mol. The summed E-state index contributed by atoms with van der Waals surface area (Å²) in [4.78, 5) is 11.7. The third-order valence-corrected chi connectivity index (χ3v) is 3.06. The van der Waals surface area contributed by atoms with E-state index in [-0.39, 0.29) is 12.8 Å². The lowest BCUT2D eigenvalue weighted by Crippen LogP contribution is -2.32. The number of rotatable bonds is 6. The van der Waals surface area contributed by atoms with Crippen molar-refractivity contribution in [3.63, 3.8) is 0 Å². The van der Waals surface area contributed by atoms with Crippen LogP contribution in [-0.2, 0) is 0 Å². The van der Waals surface area contributed by atoms with Crippen LogP contribution in [-0.4, -0.2) is 19.4 Å². The minimum absolute atomic E-state index is 0.0459. The summed E-state index contributed by atoms with van der Waals surface area (Å²) in [6.07, 6.45) is 0. The lowest BCUT2D eigenvalue weighted by molar-refractivity contribution is 0.234. The normalized spacial score (nSPS) is 9.91. The molecule has 2 aromatic rings. The van der Waals surface area contributed by atoms with E-state index in [1.54, 1.807) is 36.4 Å². The number of urea groups is 1. The Balaban J connectivity index is 1.76. The second-order valence-corrected chi connectivity index (χ2v) is 4.71. The van der Waals surface area contributed by atoms with Gasteiger partial charge in [0.2, 0.25) is 0 Å². The molecule has 0 spiro atoms. The van der Waals surface area contributed by atoms with Crippen molar-refractivity contribution in [3.05, 3.63) is 53.6 Å². The van der Waals surface area contributed by atoms with Crippen LogP contribution in [0.1, 0.15) is 6.92 Å². The van der Waals surface area contributed by atoms with E-state index in [1.807, 2.05) is 19.1 Å². The van der Waals surface area contributed by atoms with Gasteiger partial charge in [0.05, 0.1) is 17.3 Å². The Morgan fingerprint density at radius 3 is 2.32 bits per heavy atom. The van der Waals surface area contributed by atoms with Gasteiger partial charge >= 0.3 is 6.03 Å². The van der Waals surface area contributed by atoms with Crippen LogP contribution >= 0.6 is 11.6 Å². The van der Waals surface area contributed by atoms with Crippen molar-refractivity contribution in [2.24, 2.45) is 0 Å². The number of hydrogen-bond acceptors (Lipinski definition) is 3. The van der Waals surface area contributed by atoms with Gasteiger partial charge in [-0.1, -0.05) is 23.7 Å². The first-order valence-electron chi connectivity index (χ1n) is 6.84. The third kappa shape index (κ3) is 4.86. The van der Waals surface area contributed by atoms with Gasteiger partial charge in [-0.05, 0) is 43.3 Å². The van der Waals surface area contributed by atoms with Gasteiger partial charge < -0.3 is 20.1 Å². The maximum Gasteiger partial charge on any atom is 0.321 e. The maximum absolute atomic E-state index is 11.7. The Bertz CT molecular complexity index is 617. The zero-order valence-electron chi connectivity index (χ0n) is 12.1. The number of ether oxygens (including phenoxy) is 2. The molecule has 0 atom stereocenters. The van der Waals surface area contributed by atoms with Crippen LogP contribution < -0.4 is 20.1 Å². The van der Waals surface area contributed by atoms with Crippen molar-refractivity contribution in [3.8, 4) is 11.5 Å². The van der Waals surface area contributed by atoms with Crippen LogP contribution in [0, 0.1) is 0 Å². The minimum Gasteiger partial charge on any atom is -0.494 e. The summed E-state index contributed by atoms with van der Waals surface area (Å²) in [5, 5.41) is 5.70. The topological polar surface area (TPSA) is 59.6 Å². The van der Waals surface area contributed by atoms with Crippen molar-refractivity contribution < 1.29 is 14.3 Å². The summed E-state index contributed by atoms with van der Waals surface area (Å²) in [6.45, 7) is 2.58. The predicted octanol–water partition coefficient (Wildman–Crippen LogP) is 3.90. The molecule has 0 saturated carbocycles. The molecule has 6 heteroatoms. The first-order chi connectivity index (χ1) is 10.7. The van der Waals surface area contributed by atoms with E-state index in [2.05, 4.69) is 10.6 Å². The fourth-order valence-corrected chi connectivity index (χ4v) is 1.90. The molecule has 22 heavy (non-hydrogen) atoms. The lowest BCUT2D eigenvalue weighted by atomic mass is 10.3. The fraction of sp³-hybridized carbons (Fsp3) is 0.188.